The number of anilines is 1. The Kier molecular flexibility index (Phi) is 3.65. The van der Waals surface area contributed by atoms with Gasteiger partial charge in [-0.15, -0.1) is 0 Å². The van der Waals surface area contributed by atoms with E-state index < -0.39 is 0 Å². The zero-order chi connectivity index (χ0) is 13.3. The molecule has 2 aromatic rings. The van der Waals surface area contributed by atoms with Gasteiger partial charge in [0.05, 0.1) is 11.3 Å². The van der Waals surface area contributed by atoms with Gasteiger partial charge in [-0.3, -0.25) is 9.48 Å². The number of carbonyl (C=O) groups excluding carboxylic acids is 1. The second kappa shape index (κ2) is 5.05. The van der Waals surface area contributed by atoms with Gasteiger partial charge in [0.15, 0.2) is 0 Å². The van der Waals surface area contributed by atoms with E-state index in [-0.39, 0.29) is 5.91 Å². The van der Waals surface area contributed by atoms with Crippen LogP contribution in [0.3, 0.4) is 0 Å². The summed E-state index contributed by atoms with van der Waals surface area (Å²) >= 11 is 2.17. The monoisotopic (exact) mass is 356 g/mol. The molecule has 0 saturated heterocycles. The van der Waals surface area contributed by atoms with E-state index >= 15 is 0 Å². The van der Waals surface area contributed by atoms with Crippen molar-refractivity contribution in [3.63, 3.8) is 0 Å². The van der Waals surface area contributed by atoms with Crippen LogP contribution in [0, 0.1) is 17.4 Å². The maximum absolute atomic E-state index is 12.1. The van der Waals surface area contributed by atoms with E-state index in [0.29, 0.717) is 11.4 Å². The molecule has 2 heterocycles. The smallest absolute Gasteiger partial charge is 0.260 e. The molecule has 0 aromatic carbocycles. The van der Waals surface area contributed by atoms with Crippen LogP contribution in [0.5, 0.6) is 0 Å². The van der Waals surface area contributed by atoms with Gasteiger partial charge in [0.2, 0.25) is 0 Å². The number of hydrogen-bond acceptors (Lipinski definition) is 3. The summed E-state index contributed by atoms with van der Waals surface area (Å²) in [5, 5.41) is 7.00. The van der Waals surface area contributed by atoms with Crippen LogP contribution >= 0.6 is 22.6 Å². The van der Waals surface area contributed by atoms with E-state index in [9.17, 15) is 4.79 Å². The number of rotatable bonds is 2. The van der Waals surface area contributed by atoms with Crippen molar-refractivity contribution in [1.82, 2.24) is 14.8 Å². The lowest BCUT2D eigenvalue weighted by atomic mass is 10.2. The Hall–Kier alpha value is -1.44. The summed E-state index contributed by atoms with van der Waals surface area (Å²) in [7, 11) is 1.82. The van der Waals surface area contributed by atoms with Crippen LogP contribution in [-0.2, 0) is 7.05 Å². The summed E-state index contributed by atoms with van der Waals surface area (Å²) in [6.45, 7) is 3.69. The van der Waals surface area contributed by atoms with Crippen LogP contribution in [0.15, 0.2) is 18.3 Å². The van der Waals surface area contributed by atoms with Crippen LogP contribution in [0.2, 0.25) is 0 Å². The first kappa shape index (κ1) is 13.0. The number of nitrogens with one attached hydrogen (secondary N) is 1. The number of hydrogen-bond donors (Lipinski definition) is 1. The first-order valence-corrected chi connectivity index (χ1v) is 6.50. The maximum Gasteiger partial charge on any atom is 0.260 e. The Balaban J connectivity index is 2.24. The Morgan fingerprint density at radius 3 is 2.61 bits per heavy atom. The molecule has 18 heavy (non-hydrogen) atoms. The highest BCUT2D eigenvalue weighted by Crippen LogP contribution is 2.14. The first-order valence-electron chi connectivity index (χ1n) is 5.42. The number of amides is 1. The van der Waals surface area contributed by atoms with Crippen molar-refractivity contribution < 1.29 is 4.79 Å². The van der Waals surface area contributed by atoms with E-state index in [2.05, 4.69) is 38.0 Å². The zero-order valence-corrected chi connectivity index (χ0v) is 12.5. The summed E-state index contributed by atoms with van der Waals surface area (Å²) in [6, 6.07) is 3.67. The predicted molar refractivity (Wildman–Crippen MR) is 77.6 cm³/mol. The molecule has 5 nitrogen and oxygen atoms in total. The summed E-state index contributed by atoms with van der Waals surface area (Å²) in [5.74, 6) is 0.370. The molecule has 0 aliphatic rings. The van der Waals surface area contributed by atoms with Crippen molar-refractivity contribution in [3.05, 3.63) is 38.9 Å². The molecule has 0 spiro atoms. The molecular weight excluding hydrogens is 343 g/mol. The highest BCUT2D eigenvalue weighted by atomic mass is 127. The number of aryl methyl sites for hydroxylation is 2. The molecule has 0 aliphatic heterocycles. The maximum atomic E-state index is 12.1. The Morgan fingerprint density at radius 2 is 2.11 bits per heavy atom. The molecule has 0 atom stereocenters. The van der Waals surface area contributed by atoms with Crippen molar-refractivity contribution in [2.45, 2.75) is 13.8 Å². The minimum absolute atomic E-state index is 0.174. The third kappa shape index (κ3) is 2.53. The average molecular weight is 356 g/mol. The van der Waals surface area contributed by atoms with Gasteiger partial charge in [0.25, 0.3) is 5.91 Å². The van der Waals surface area contributed by atoms with Crippen molar-refractivity contribution in [2.24, 2.45) is 7.05 Å². The fourth-order valence-corrected chi connectivity index (χ4v) is 2.05. The number of pyridine rings is 1. The van der Waals surface area contributed by atoms with E-state index in [1.807, 2.05) is 27.0 Å². The third-order valence-electron chi connectivity index (χ3n) is 2.71. The largest absolute Gasteiger partial charge is 0.306 e. The fourth-order valence-electron chi connectivity index (χ4n) is 1.73. The van der Waals surface area contributed by atoms with E-state index in [4.69, 9.17) is 0 Å². The molecule has 0 fully saturated rings. The van der Waals surface area contributed by atoms with Gasteiger partial charge in [0.1, 0.15) is 5.82 Å². The minimum atomic E-state index is -0.174. The minimum Gasteiger partial charge on any atom is -0.306 e. The van der Waals surface area contributed by atoms with Gasteiger partial charge in [-0.1, -0.05) is 0 Å². The van der Waals surface area contributed by atoms with Gasteiger partial charge in [-0.25, -0.2) is 4.98 Å². The fraction of sp³-hybridized carbons (Fsp3) is 0.250. The molecule has 94 valence electrons. The molecule has 0 aliphatic carbocycles. The summed E-state index contributed by atoms with van der Waals surface area (Å²) in [5.41, 5.74) is 2.17. The SMILES string of the molecule is Cc1nn(C)c(C)c1C(=O)Nc1ccc(I)cn1. The highest BCUT2D eigenvalue weighted by molar-refractivity contribution is 14.1. The number of carbonyl (C=O) groups is 1. The lowest BCUT2D eigenvalue weighted by Crippen LogP contribution is -2.14. The average Bonchev–Trinajstić information content (AvgIpc) is 2.56. The molecule has 0 saturated carbocycles. The molecule has 0 radical (unpaired) electrons. The highest BCUT2D eigenvalue weighted by Gasteiger charge is 2.17. The van der Waals surface area contributed by atoms with Crippen molar-refractivity contribution in [1.29, 1.82) is 0 Å². The zero-order valence-electron chi connectivity index (χ0n) is 10.4. The van der Waals surface area contributed by atoms with Crippen LogP contribution < -0.4 is 5.32 Å². The Labute approximate surface area is 119 Å². The predicted octanol–water partition coefficient (Wildman–Crippen LogP) is 2.29. The lowest BCUT2D eigenvalue weighted by Gasteiger charge is -2.04. The van der Waals surface area contributed by atoms with Crippen molar-refractivity contribution >= 4 is 34.3 Å². The molecule has 2 rings (SSSR count). The van der Waals surface area contributed by atoms with Gasteiger partial charge in [0, 0.05) is 22.5 Å². The topological polar surface area (TPSA) is 59.8 Å². The first-order chi connectivity index (χ1) is 8.49. The van der Waals surface area contributed by atoms with Gasteiger partial charge in [-0.05, 0) is 48.6 Å². The number of aromatic nitrogens is 3. The molecule has 0 bridgehead atoms. The van der Waals surface area contributed by atoms with Gasteiger partial charge < -0.3 is 5.32 Å². The van der Waals surface area contributed by atoms with Crippen LogP contribution in [0.4, 0.5) is 5.82 Å². The summed E-state index contributed by atoms with van der Waals surface area (Å²) < 4.78 is 2.73. The third-order valence-corrected chi connectivity index (χ3v) is 3.34. The van der Waals surface area contributed by atoms with Crippen LogP contribution in [-0.4, -0.2) is 20.7 Å². The molecule has 1 N–H and O–H groups in total. The molecule has 0 unspecified atom stereocenters. The van der Waals surface area contributed by atoms with Crippen LogP contribution in [0.1, 0.15) is 21.7 Å². The van der Waals surface area contributed by atoms with Gasteiger partial charge in [-0.2, -0.15) is 5.10 Å². The number of halogens is 1. The molecular formula is C12H13IN4O. The second-order valence-electron chi connectivity index (χ2n) is 3.99. The van der Waals surface area contributed by atoms with Crippen LogP contribution in [0.25, 0.3) is 0 Å². The second-order valence-corrected chi connectivity index (χ2v) is 5.23. The normalized spacial score (nSPS) is 10.4. The Morgan fingerprint density at radius 1 is 1.39 bits per heavy atom. The van der Waals surface area contributed by atoms with E-state index in [0.717, 1.165) is 15.0 Å². The summed E-state index contributed by atoms with van der Waals surface area (Å²) in [6.07, 6.45) is 1.71. The molecule has 1 amide bonds. The van der Waals surface area contributed by atoms with Crippen molar-refractivity contribution in [2.75, 3.05) is 5.32 Å². The number of nitrogens with zero attached hydrogens (tertiary/aromatic N) is 3. The lowest BCUT2D eigenvalue weighted by molar-refractivity contribution is 0.102. The molecule has 6 heteroatoms. The van der Waals surface area contributed by atoms with E-state index in [1.54, 1.807) is 16.9 Å². The quantitative estimate of drug-likeness (QED) is 0.840. The van der Waals surface area contributed by atoms with Crippen molar-refractivity contribution in [3.8, 4) is 0 Å². The Bertz CT molecular complexity index is 589. The standard InChI is InChI=1S/C12H13IN4O/c1-7-11(8(2)17(3)16-7)12(18)15-10-5-4-9(13)6-14-10/h4-6H,1-3H3,(H,14,15,18). The van der Waals surface area contributed by atoms with Gasteiger partial charge >= 0.3 is 0 Å². The van der Waals surface area contributed by atoms with E-state index in [1.165, 1.54) is 0 Å². The summed E-state index contributed by atoms with van der Waals surface area (Å²) in [4.78, 5) is 16.3. The molecule has 2 aromatic heterocycles.